The first kappa shape index (κ1) is 15.1. The molecule has 22 heavy (non-hydrogen) atoms. The molecule has 3 N–H and O–H groups in total. The van der Waals surface area contributed by atoms with Crippen molar-refractivity contribution in [1.29, 1.82) is 0 Å². The van der Waals surface area contributed by atoms with Crippen LogP contribution in [0.5, 0.6) is 0 Å². The van der Waals surface area contributed by atoms with Gasteiger partial charge in [0.1, 0.15) is 17.1 Å². The molecule has 3 rings (SSSR count). The van der Waals surface area contributed by atoms with Crippen LogP contribution in [0, 0.1) is 0 Å². The van der Waals surface area contributed by atoms with E-state index >= 15 is 0 Å². The third-order valence-corrected chi connectivity index (χ3v) is 5.69. The van der Waals surface area contributed by atoms with E-state index in [1.54, 1.807) is 17.7 Å². The number of aromatic nitrogens is 1. The van der Waals surface area contributed by atoms with Crippen LogP contribution in [0.2, 0.25) is 0 Å². The number of β-lactam (4-membered cyclic amide) rings is 1. The van der Waals surface area contributed by atoms with Crippen LogP contribution in [0.25, 0.3) is 6.08 Å². The second kappa shape index (κ2) is 6.15. The number of hydrogen-bond acceptors (Lipinski definition) is 6. The Balaban J connectivity index is 1.80. The van der Waals surface area contributed by atoms with Gasteiger partial charge in [0.25, 0.3) is 0 Å². The first-order chi connectivity index (χ1) is 10.6. The van der Waals surface area contributed by atoms with Crippen LogP contribution in [0.4, 0.5) is 0 Å². The van der Waals surface area contributed by atoms with Crippen molar-refractivity contribution >= 4 is 41.5 Å². The normalized spacial score (nSPS) is 24.4. The molecule has 1 aromatic rings. The molecule has 6 nitrogen and oxygen atoms in total. The molecule has 0 bridgehead atoms. The number of rotatable bonds is 4. The van der Waals surface area contributed by atoms with Gasteiger partial charge in [0, 0.05) is 16.9 Å². The Morgan fingerprint density at radius 1 is 1.55 bits per heavy atom. The van der Waals surface area contributed by atoms with E-state index in [1.807, 2.05) is 18.2 Å². The highest BCUT2D eigenvalue weighted by molar-refractivity contribution is 8.08. The molecule has 2 aliphatic rings. The van der Waals surface area contributed by atoms with Crippen molar-refractivity contribution in [2.24, 2.45) is 5.73 Å². The third-order valence-electron chi connectivity index (χ3n) is 3.31. The molecule has 1 aromatic heterocycles. The fourth-order valence-electron chi connectivity index (χ4n) is 2.24. The van der Waals surface area contributed by atoms with Crippen molar-refractivity contribution in [3.63, 3.8) is 0 Å². The molecule has 114 valence electrons. The minimum atomic E-state index is -1.10. The standard InChI is InChI=1S/C14H13N3O3S2/c15-10-12(18)17-11(14(19)20)9(7-22-13(10)17)21-6-4-8-3-1-2-5-16-8/h1-6,10,13H,7,15H2,(H,19,20)/t10?,13-/m1/s1. The number of nitrogens with zero attached hydrogens (tertiary/aromatic N) is 2. The summed E-state index contributed by atoms with van der Waals surface area (Å²) in [5, 5.41) is 10.9. The smallest absolute Gasteiger partial charge is 0.353 e. The molecule has 1 unspecified atom stereocenters. The zero-order valence-electron chi connectivity index (χ0n) is 11.4. The average Bonchev–Trinajstić information content (AvgIpc) is 2.54. The van der Waals surface area contributed by atoms with E-state index in [-0.39, 0.29) is 17.0 Å². The molecule has 2 atom stereocenters. The number of thioether (sulfide) groups is 2. The van der Waals surface area contributed by atoms with Crippen molar-refractivity contribution in [3.05, 3.63) is 46.1 Å². The van der Waals surface area contributed by atoms with Gasteiger partial charge in [0.15, 0.2) is 0 Å². The molecule has 3 heterocycles. The third kappa shape index (κ3) is 2.65. The lowest BCUT2D eigenvalue weighted by Crippen LogP contribution is -2.68. The van der Waals surface area contributed by atoms with Crippen LogP contribution < -0.4 is 5.73 Å². The second-order valence-corrected chi connectivity index (χ2v) is 6.79. The number of aliphatic carboxylic acids is 1. The number of pyridine rings is 1. The SMILES string of the molecule is NC1C(=O)N2C(C(=O)O)=C(SC=Cc3ccccn3)CS[C@H]12. The number of carboxylic acids is 1. The zero-order chi connectivity index (χ0) is 15.7. The predicted octanol–water partition coefficient (Wildman–Crippen LogP) is 1.32. The van der Waals surface area contributed by atoms with Gasteiger partial charge in [0.05, 0.1) is 5.69 Å². The Labute approximate surface area is 135 Å². The maximum Gasteiger partial charge on any atom is 0.353 e. The van der Waals surface area contributed by atoms with Crippen molar-refractivity contribution in [1.82, 2.24) is 9.88 Å². The molecule has 2 aliphatic heterocycles. The predicted molar refractivity (Wildman–Crippen MR) is 86.6 cm³/mol. The average molecular weight is 335 g/mol. The quantitative estimate of drug-likeness (QED) is 0.801. The molecule has 0 aromatic carbocycles. The van der Waals surface area contributed by atoms with E-state index in [0.29, 0.717) is 10.7 Å². The minimum Gasteiger partial charge on any atom is -0.477 e. The molecule has 0 spiro atoms. The zero-order valence-corrected chi connectivity index (χ0v) is 13.0. The van der Waals surface area contributed by atoms with Crippen LogP contribution in [0.1, 0.15) is 5.69 Å². The van der Waals surface area contributed by atoms with E-state index in [0.717, 1.165) is 5.69 Å². The summed E-state index contributed by atoms with van der Waals surface area (Å²) in [6.45, 7) is 0. The first-order valence-corrected chi connectivity index (χ1v) is 8.43. The molecular weight excluding hydrogens is 322 g/mol. The molecule has 1 amide bonds. The van der Waals surface area contributed by atoms with Gasteiger partial charge in [-0.05, 0) is 23.6 Å². The summed E-state index contributed by atoms with van der Waals surface area (Å²) in [5.41, 5.74) is 6.54. The van der Waals surface area contributed by atoms with E-state index in [2.05, 4.69) is 4.98 Å². The van der Waals surface area contributed by atoms with Crippen molar-refractivity contribution in [2.75, 3.05) is 5.75 Å². The fraction of sp³-hybridized carbons (Fsp3) is 0.214. The van der Waals surface area contributed by atoms with Crippen molar-refractivity contribution < 1.29 is 14.7 Å². The van der Waals surface area contributed by atoms with Gasteiger partial charge in [-0.15, -0.1) is 11.8 Å². The Bertz CT molecular complexity index is 675. The fourth-order valence-corrected chi connectivity index (χ4v) is 4.52. The van der Waals surface area contributed by atoms with Crippen molar-refractivity contribution in [3.8, 4) is 0 Å². The Hall–Kier alpha value is -1.77. The molecule has 0 radical (unpaired) electrons. The van der Waals surface area contributed by atoms with E-state index in [1.165, 1.54) is 28.4 Å². The van der Waals surface area contributed by atoms with Crippen LogP contribution in [-0.2, 0) is 9.59 Å². The minimum absolute atomic E-state index is 0.0473. The lowest BCUT2D eigenvalue weighted by atomic mass is 10.1. The van der Waals surface area contributed by atoms with E-state index in [4.69, 9.17) is 5.73 Å². The Morgan fingerprint density at radius 2 is 2.36 bits per heavy atom. The maximum atomic E-state index is 11.8. The number of fused-ring (bicyclic) bond motifs is 1. The number of amides is 1. The number of nitrogens with two attached hydrogens (primary N) is 1. The number of carbonyl (C=O) groups excluding carboxylic acids is 1. The van der Waals surface area contributed by atoms with Gasteiger partial charge in [-0.2, -0.15) is 0 Å². The summed E-state index contributed by atoms with van der Waals surface area (Å²) < 4.78 is 0. The molecule has 0 saturated carbocycles. The summed E-state index contributed by atoms with van der Waals surface area (Å²) >= 11 is 2.78. The summed E-state index contributed by atoms with van der Waals surface area (Å²) in [7, 11) is 0. The monoisotopic (exact) mass is 335 g/mol. The van der Waals surface area contributed by atoms with E-state index < -0.39 is 12.0 Å². The highest BCUT2D eigenvalue weighted by atomic mass is 32.2. The van der Waals surface area contributed by atoms with Gasteiger partial charge >= 0.3 is 5.97 Å². The largest absolute Gasteiger partial charge is 0.477 e. The maximum absolute atomic E-state index is 11.8. The Kier molecular flexibility index (Phi) is 4.23. The highest BCUT2D eigenvalue weighted by Crippen LogP contribution is 2.42. The molecular formula is C14H13N3O3S2. The molecule has 1 fully saturated rings. The molecule has 0 aliphatic carbocycles. The number of carbonyl (C=O) groups is 2. The summed E-state index contributed by atoms with van der Waals surface area (Å²) in [6.07, 6.45) is 3.49. The summed E-state index contributed by atoms with van der Waals surface area (Å²) in [4.78, 5) is 29.4. The van der Waals surface area contributed by atoms with Crippen LogP contribution in [0.3, 0.4) is 0 Å². The number of hydrogen-bond donors (Lipinski definition) is 2. The molecule has 1 saturated heterocycles. The van der Waals surface area contributed by atoms with Gasteiger partial charge in [-0.3, -0.25) is 14.7 Å². The highest BCUT2D eigenvalue weighted by Gasteiger charge is 2.51. The summed E-state index contributed by atoms with van der Waals surface area (Å²) in [6, 6.07) is 4.95. The van der Waals surface area contributed by atoms with Gasteiger partial charge in [0.2, 0.25) is 5.91 Å². The van der Waals surface area contributed by atoms with Crippen LogP contribution >= 0.6 is 23.5 Å². The van der Waals surface area contributed by atoms with Crippen LogP contribution in [0.15, 0.2) is 40.4 Å². The Morgan fingerprint density at radius 3 is 3.05 bits per heavy atom. The summed E-state index contributed by atoms with van der Waals surface area (Å²) in [5.74, 6) is -0.901. The molecule has 8 heteroatoms. The number of carboxylic acid groups (broad SMARTS) is 1. The van der Waals surface area contributed by atoms with Crippen molar-refractivity contribution in [2.45, 2.75) is 11.4 Å². The van der Waals surface area contributed by atoms with E-state index in [9.17, 15) is 14.7 Å². The topological polar surface area (TPSA) is 96.5 Å². The van der Waals surface area contributed by atoms with Crippen LogP contribution in [-0.4, -0.2) is 44.0 Å². The lowest BCUT2D eigenvalue weighted by molar-refractivity contribution is -0.147. The van der Waals surface area contributed by atoms with Gasteiger partial charge in [-0.25, -0.2) is 4.79 Å². The van der Waals surface area contributed by atoms with Gasteiger partial charge < -0.3 is 10.8 Å². The lowest BCUT2D eigenvalue weighted by Gasteiger charge is -2.47. The first-order valence-electron chi connectivity index (χ1n) is 6.50. The van der Waals surface area contributed by atoms with Gasteiger partial charge in [-0.1, -0.05) is 17.8 Å². The second-order valence-electron chi connectivity index (χ2n) is 4.69.